The Kier molecular flexibility index (Phi) is 3.29. The number of aldehydes is 1. The number of carbonyl (C=O) groups excluding carboxylic acids is 1. The lowest BCUT2D eigenvalue weighted by atomic mass is 9.78. The molecule has 1 saturated heterocycles. The zero-order valence-corrected chi connectivity index (χ0v) is 12.7. The molecular formula is C16H22N2OS. The van der Waals surface area contributed by atoms with Crippen LogP contribution < -0.4 is 4.90 Å². The van der Waals surface area contributed by atoms with Crippen LogP contribution >= 0.6 is 11.3 Å². The Balaban J connectivity index is 1.63. The average Bonchev–Trinajstić information content (AvgIpc) is 3.26. The summed E-state index contributed by atoms with van der Waals surface area (Å²) in [5.74, 6) is 1.44. The number of fused-ring (bicyclic) bond motifs is 1. The monoisotopic (exact) mass is 290 g/mol. The lowest BCUT2D eigenvalue weighted by Gasteiger charge is -2.44. The molecule has 20 heavy (non-hydrogen) atoms. The summed E-state index contributed by atoms with van der Waals surface area (Å²) in [6, 6.07) is 0.690. The van der Waals surface area contributed by atoms with Crippen LogP contribution in [-0.4, -0.2) is 23.9 Å². The van der Waals surface area contributed by atoms with Crippen LogP contribution in [0.15, 0.2) is 0 Å². The van der Waals surface area contributed by atoms with E-state index in [0.29, 0.717) is 12.0 Å². The molecule has 4 rings (SSSR count). The van der Waals surface area contributed by atoms with Gasteiger partial charge in [0.25, 0.3) is 0 Å². The number of nitrogens with zero attached hydrogens (tertiary/aromatic N) is 2. The van der Waals surface area contributed by atoms with Gasteiger partial charge in [0, 0.05) is 18.5 Å². The minimum absolute atomic E-state index is 0.576. The zero-order valence-electron chi connectivity index (χ0n) is 11.9. The zero-order chi connectivity index (χ0) is 13.5. The molecule has 2 atom stereocenters. The lowest BCUT2D eigenvalue weighted by molar-refractivity contribution is 0.112. The lowest BCUT2D eigenvalue weighted by Crippen LogP contribution is -2.46. The van der Waals surface area contributed by atoms with Gasteiger partial charge in [0.05, 0.1) is 10.6 Å². The van der Waals surface area contributed by atoms with E-state index in [-0.39, 0.29) is 0 Å². The second-order valence-corrected chi connectivity index (χ2v) is 7.59. The fraction of sp³-hybridized carbons (Fsp3) is 0.750. The summed E-state index contributed by atoms with van der Waals surface area (Å²) >= 11 is 1.64. The first-order valence-corrected chi connectivity index (χ1v) is 8.91. The third-order valence-electron chi connectivity index (χ3n) is 5.23. The molecule has 2 saturated carbocycles. The van der Waals surface area contributed by atoms with Gasteiger partial charge >= 0.3 is 0 Å². The summed E-state index contributed by atoms with van der Waals surface area (Å²) in [6.07, 6.45) is 11.6. The summed E-state index contributed by atoms with van der Waals surface area (Å²) in [4.78, 5) is 19.6. The van der Waals surface area contributed by atoms with Gasteiger partial charge in [-0.15, -0.1) is 0 Å². The van der Waals surface area contributed by atoms with E-state index in [1.54, 1.807) is 11.3 Å². The molecular weight excluding hydrogens is 268 g/mol. The first kappa shape index (κ1) is 12.8. The van der Waals surface area contributed by atoms with E-state index in [2.05, 4.69) is 4.90 Å². The van der Waals surface area contributed by atoms with Crippen LogP contribution in [0.3, 0.4) is 0 Å². The van der Waals surface area contributed by atoms with Gasteiger partial charge < -0.3 is 4.90 Å². The fourth-order valence-corrected chi connectivity index (χ4v) is 5.10. The van der Waals surface area contributed by atoms with Gasteiger partial charge in [-0.2, -0.15) is 0 Å². The van der Waals surface area contributed by atoms with Crippen LogP contribution in [0.1, 0.15) is 72.7 Å². The van der Waals surface area contributed by atoms with Crippen LogP contribution in [0.5, 0.6) is 0 Å². The second-order valence-electron chi connectivity index (χ2n) is 6.59. The molecule has 1 aromatic rings. The molecule has 3 fully saturated rings. The first-order chi connectivity index (χ1) is 9.86. The second kappa shape index (κ2) is 5.14. The van der Waals surface area contributed by atoms with E-state index in [4.69, 9.17) is 4.98 Å². The average molecular weight is 290 g/mol. The molecule has 3 nitrogen and oxygen atoms in total. The summed E-state index contributed by atoms with van der Waals surface area (Å²) in [6.45, 7) is 1.14. The minimum atomic E-state index is 0.576. The summed E-state index contributed by atoms with van der Waals surface area (Å²) < 4.78 is 0. The van der Waals surface area contributed by atoms with Crippen LogP contribution in [-0.2, 0) is 0 Å². The normalized spacial score (nSPS) is 30.1. The molecule has 0 bridgehead atoms. The molecule has 2 aliphatic carbocycles. The number of carbonyl (C=O) groups is 1. The Morgan fingerprint density at radius 3 is 2.70 bits per heavy atom. The van der Waals surface area contributed by atoms with Gasteiger partial charge in [-0.05, 0) is 44.4 Å². The Hall–Kier alpha value is -0.900. The molecule has 0 spiro atoms. The Morgan fingerprint density at radius 1 is 1.10 bits per heavy atom. The number of aromatic nitrogens is 1. The van der Waals surface area contributed by atoms with Crippen molar-refractivity contribution in [2.75, 3.05) is 11.4 Å². The molecule has 3 aliphatic rings. The molecule has 0 aromatic carbocycles. The highest BCUT2D eigenvalue weighted by Crippen LogP contribution is 2.45. The van der Waals surface area contributed by atoms with Crippen molar-refractivity contribution in [1.82, 2.24) is 4.98 Å². The summed E-state index contributed by atoms with van der Waals surface area (Å²) in [5.41, 5.74) is 1.10. The predicted octanol–water partition coefficient (Wildman–Crippen LogP) is 3.99. The van der Waals surface area contributed by atoms with Crippen molar-refractivity contribution >= 4 is 22.8 Å². The maximum Gasteiger partial charge on any atom is 0.186 e. The number of rotatable bonds is 3. The molecule has 0 N–H and O–H groups in total. The molecule has 0 amide bonds. The third kappa shape index (κ3) is 2.18. The van der Waals surface area contributed by atoms with Gasteiger partial charge in [-0.3, -0.25) is 4.79 Å². The first-order valence-electron chi connectivity index (χ1n) is 8.09. The Bertz CT molecular complexity index is 507. The van der Waals surface area contributed by atoms with Crippen molar-refractivity contribution in [1.29, 1.82) is 0 Å². The Labute approximate surface area is 124 Å². The molecule has 1 aromatic heterocycles. The van der Waals surface area contributed by atoms with Gasteiger partial charge in [0.2, 0.25) is 0 Å². The molecule has 4 heteroatoms. The maximum absolute atomic E-state index is 11.3. The summed E-state index contributed by atoms with van der Waals surface area (Å²) in [5, 5.41) is 1.13. The number of anilines is 1. The van der Waals surface area contributed by atoms with Crippen LogP contribution in [0.2, 0.25) is 0 Å². The minimum Gasteiger partial charge on any atom is -0.345 e. The van der Waals surface area contributed by atoms with Crippen molar-refractivity contribution in [3.63, 3.8) is 0 Å². The quantitative estimate of drug-likeness (QED) is 0.789. The van der Waals surface area contributed by atoms with Gasteiger partial charge in [0.15, 0.2) is 11.4 Å². The highest BCUT2D eigenvalue weighted by Gasteiger charge is 2.36. The van der Waals surface area contributed by atoms with Crippen LogP contribution in [0.25, 0.3) is 0 Å². The van der Waals surface area contributed by atoms with Crippen molar-refractivity contribution in [2.24, 2.45) is 5.92 Å². The Morgan fingerprint density at radius 2 is 1.90 bits per heavy atom. The van der Waals surface area contributed by atoms with Gasteiger partial charge in [-0.25, -0.2) is 4.98 Å². The molecule has 108 valence electrons. The number of hydrogen-bond acceptors (Lipinski definition) is 4. The standard InChI is InChI=1S/C16H22N2OS/c19-10-14-15(12-7-8-12)17-16(20-14)18-9-3-5-11-4-1-2-6-13(11)18/h10-13H,1-9H2. The van der Waals surface area contributed by atoms with Crippen molar-refractivity contribution in [2.45, 2.75) is 63.3 Å². The highest BCUT2D eigenvalue weighted by molar-refractivity contribution is 7.17. The van der Waals surface area contributed by atoms with Gasteiger partial charge in [-0.1, -0.05) is 24.2 Å². The highest BCUT2D eigenvalue weighted by atomic mass is 32.1. The largest absolute Gasteiger partial charge is 0.345 e. The van der Waals surface area contributed by atoms with Crippen molar-refractivity contribution in [3.05, 3.63) is 10.6 Å². The number of thiazole rings is 1. The van der Waals surface area contributed by atoms with E-state index < -0.39 is 0 Å². The molecule has 2 heterocycles. The van der Waals surface area contributed by atoms with Crippen LogP contribution in [0.4, 0.5) is 5.13 Å². The van der Waals surface area contributed by atoms with E-state index in [0.717, 1.165) is 34.5 Å². The molecule has 2 unspecified atom stereocenters. The van der Waals surface area contributed by atoms with E-state index in [9.17, 15) is 4.79 Å². The van der Waals surface area contributed by atoms with Crippen LogP contribution in [0, 0.1) is 5.92 Å². The van der Waals surface area contributed by atoms with Crippen molar-refractivity contribution < 1.29 is 4.79 Å². The van der Waals surface area contributed by atoms with E-state index in [1.807, 2.05) is 0 Å². The predicted molar refractivity (Wildman–Crippen MR) is 81.8 cm³/mol. The smallest absolute Gasteiger partial charge is 0.186 e. The SMILES string of the molecule is O=Cc1sc(N2CCCC3CCCCC32)nc1C1CC1. The third-order valence-corrected chi connectivity index (χ3v) is 6.26. The molecule has 1 aliphatic heterocycles. The van der Waals surface area contributed by atoms with Crippen molar-refractivity contribution in [3.8, 4) is 0 Å². The maximum atomic E-state index is 11.3. The topological polar surface area (TPSA) is 33.2 Å². The number of piperidine rings is 1. The molecule has 0 radical (unpaired) electrons. The number of hydrogen-bond donors (Lipinski definition) is 0. The van der Waals surface area contributed by atoms with E-state index >= 15 is 0 Å². The van der Waals surface area contributed by atoms with E-state index in [1.165, 1.54) is 51.4 Å². The fourth-order valence-electron chi connectivity index (χ4n) is 4.05. The van der Waals surface area contributed by atoms with Gasteiger partial charge in [0.1, 0.15) is 0 Å². The summed E-state index contributed by atoms with van der Waals surface area (Å²) in [7, 11) is 0.